The number of hydrogen-bond acceptors (Lipinski definition) is 9. The molecule has 1 aromatic heterocycles. The molecule has 9 heteroatoms. The molecular formula is C27H35N5O4. The van der Waals surface area contributed by atoms with Gasteiger partial charge < -0.3 is 24.0 Å². The fraction of sp³-hybridized carbons (Fsp3) is 0.556. The van der Waals surface area contributed by atoms with Crippen molar-refractivity contribution in [3.8, 4) is 11.6 Å². The third-order valence-electron chi connectivity index (χ3n) is 7.12. The van der Waals surface area contributed by atoms with E-state index >= 15 is 0 Å². The molecule has 0 amide bonds. The first-order chi connectivity index (χ1) is 17.5. The Balaban J connectivity index is 1.34. The van der Waals surface area contributed by atoms with Crippen molar-refractivity contribution < 1.29 is 19.0 Å². The number of carbonyl (C=O) groups is 1. The summed E-state index contributed by atoms with van der Waals surface area (Å²) in [5, 5.41) is 0. The molecule has 2 aliphatic heterocycles. The van der Waals surface area contributed by atoms with Gasteiger partial charge in [0.2, 0.25) is 5.88 Å². The van der Waals surface area contributed by atoms with E-state index in [0.717, 1.165) is 74.4 Å². The molecule has 3 heterocycles. The van der Waals surface area contributed by atoms with Crippen molar-refractivity contribution in [2.45, 2.75) is 69.9 Å². The number of aldehydes is 1. The molecule has 0 spiro atoms. The molecule has 36 heavy (non-hydrogen) atoms. The molecule has 0 radical (unpaired) electrons. The van der Waals surface area contributed by atoms with Gasteiger partial charge in [-0.05, 0) is 51.5 Å². The van der Waals surface area contributed by atoms with E-state index in [4.69, 9.17) is 14.2 Å². The second kappa shape index (κ2) is 10.8. The van der Waals surface area contributed by atoms with Gasteiger partial charge in [0.15, 0.2) is 6.29 Å². The van der Waals surface area contributed by atoms with Crippen LogP contribution in [0.15, 0.2) is 29.4 Å². The molecule has 1 aliphatic carbocycles. The number of aliphatic imine (C=N–C) groups is 1. The number of aryl methyl sites for hydroxylation is 1. The highest BCUT2D eigenvalue weighted by Crippen LogP contribution is 2.43. The number of morpholine rings is 1. The topological polar surface area (TPSA) is 89.4 Å². The largest absolute Gasteiger partial charge is 0.488 e. The summed E-state index contributed by atoms with van der Waals surface area (Å²) in [6.45, 7) is 3.58. The van der Waals surface area contributed by atoms with E-state index in [0.29, 0.717) is 18.0 Å². The number of rotatable bonds is 8. The van der Waals surface area contributed by atoms with E-state index < -0.39 is 0 Å². The van der Waals surface area contributed by atoms with E-state index in [2.05, 4.69) is 32.0 Å². The predicted molar refractivity (Wildman–Crippen MR) is 139 cm³/mol. The predicted octanol–water partition coefficient (Wildman–Crippen LogP) is 3.89. The summed E-state index contributed by atoms with van der Waals surface area (Å²) in [4.78, 5) is 28.4. The van der Waals surface area contributed by atoms with Crippen LogP contribution in [-0.4, -0.2) is 74.1 Å². The smallest absolute Gasteiger partial charge is 0.216 e. The highest BCUT2D eigenvalue weighted by Gasteiger charge is 2.34. The number of nitrogens with zero attached hydrogens (tertiary/aromatic N) is 5. The summed E-state index contributed by atoms with van der Waals surface area (Å²) in [6.07, 6.45) is 10.3. The Labute approximate surface area is 212 Å². The first-order valence-corrected chi connectivity index (χ1v) is 12.8. The van der Waals surface area contributed by atoms with Gasteiger partial charge in [0.1, 0.15) is 23.4 Å². The molecule has 0 N–H and O–H groups in total. The van der Waals surface area contributed by atoms with Crippen LogP contribution in [0.25, 0.3) is 0 Å². The lowest BCUT2D eigenvalue weighted by atomic mass is 9.95. The zero-order chi connectivity index (χ0) is 25.1. The molecule has 9 nitrogen and oxygen atoms in total. The van der Waals surface area contributed by atoms with E-state index in [1.165, 1.54) is 6.21 Å². The number of carbonyl (C=O) groups excluding carboxylic acids is 1. The molecule has 1 saturated carbocycles. The highest BCUT2D eigenvalue weighted by molar-refractivity contribution is 6.14. The summed E-state index contributed by atoms with van der Waals surface area (Å²) >= 11 is 0. The normalized spacial score (nSPS) is 25.7. The standard InChI is InChI=1S/C27H35N5O4/c1-18-28-11-10-26(30-18)36-21-6-4-20(5-7-21)35-25-15-19(32-16-22-8-9-23(17-32)34-22)14-24(29-12-13-33)27(25)31(2)3/h10-15,20-23H,4-9,16-17H2,1-3H3. The maximum Gasteiger partial charge on any atom is 0.216 e. The molecule has 2 saturated heterocycles. The second-order valence-corrected chi connectivity index (χ2v) is 10.1. The Morgan fingerprint density at radius 2 is 1.75 bits per heavy atom. The Hall–Kier alpha value is -3.20. The molecule has 1 aromatic carbocycles. The summed E-state index contributed by atoms with van der Waals surface area (Å²) < 4.78 is 18.8. The maximum absolute atomic E-state index is 11.1. The Bertz CT molecular complexity index is 1090. The SMILES string of the molecule is Cc1nccc(OC2CCC(Oc3cc(N4CC5CCC(C4)O5)cc(N=CC=O)c3N(C)C)CC2)n1. The van der Waals surface area contributed by atoms with Crippen molar-refractivity contribution in [2.24, 2.45) is 4.99 Å². The minimum atomic E-state index is 0.0784. The van der Waals surface area contributed by atoms with Gasteiger partial charge in [-0.25, -0.2) is 4.98 Å². The fourth-order valence-electron chi connectivity index (χ4n) is 5.45. The van der Waals surface area contributed by atoms with Crippen molar-refractivity contribution in [3.63, 3.8) is 0 Å². The highest BCUT2D eigenvalue weighted by atomic mass is 16.5. The molecule has 2 aromatic rings. The Morgan fingerprint density at radius 1 is 1.06 bits per heavy atom. The van der Waals surface area contributed by atoms with Crippen LogP contribution in [0.3, 0.4) is 0 Å². The summed E-state index contributed by atoms with van der Waals surface area (Å²) in [5.74, 6) is 2.14. The number of anilines is 2. The van der Waals surface area contributed by atoms with Gasteiger partial charge in [-0.3, -0.25) is 9.79 Å². The van der Waals surface area contributed by atoms with E-state index in [9.17, 15) is 4.79 Å². The molecule has 2 bridgehead atoms. The minimum Gasteiger partial charge on any atom is -0.488 e. The van der Waals surface area contributed by atoms with E-state index in [-0.39, 0.29) is 24.4 Å². The van der Waals surface area contributed by atoms with Gasteiger partial charge in [0.25, 0.3) is 0 Å². The summed E-state index contributed by atoms with van der Waals surface area (Å²) in [6, 6.07) is 6.00. The van der Waals surface area contributed by atoms with Gasteiger partial charge in [-0.15, -0.1) is 0 Å². The maximum atomic E-state index is 11.1. The molecule has 5 rings (SSSR count). The van der Waals surface area contributed by atoms with Crippen molar-refractivity contribution in [3.05, 3.63) is 30.2 Å². The molecule has 3 fully saturated rings. The van der Waals surface area contributed by atoms with Gasteiger partial charge in [0, 0.05) is 51.2 Å². The minimum absolute atomic E-state index is 0.0784. The Morgan fingerprint density at radius 3 is 2.39 bits per heavy atom. The lowest BCUT2D eigenvalue weighted by Gasteiger charge is -2.35. The van der Waals surface area contributed by atoms with Crippen LogP contribution in [0.1, 0.15) is 44.3 Å². The summed E-state index contributed by atoms with van der Waals surface area (Å²) in [7, 11) is 3.95. The van der Waals surface area contributed by atoms with Gasteiger partial charge in [-0.1, -0.05) is 0 Å². The Kier molecular flexibility index (Phi) is 7.36. The number of fused-ring (bicyclic) bond motifs is 2. The van der Waals surface area contributed by atoms with Crippen LogP contribution in [0.2, 0.25) is 0 Å². The molecule has 2 atom stereocenters. The fourth-order valence-corrected chi connectivity index (χ4v) is 5.45. The van der Waals surface area contributed by atoms with Crippen LogP contribution in [0.4, 0.5) is 17.1 Å². The number of hydrogen-bond donors (Lipinski definition) is 0. The summed E-state index contributed by atoms with van der Waals surface area (Å²) in [5.41, 5.74) is 2.67. The van der Waals surface area contributed by atoms with Crippen LogP contribution >= 0.6 is 0 Å². The number of ether oxygens (including phenoxy) is 3. The van der Waals surface area contributed by atoms with Gasteiger partial charge in [-0.2, -0.15) is 4.98 Å². The van der Waals surface area contributed by atoms with Crippen LogP contribution in [0.5, 0.6) is 11.6 Å². The van der Waals surface area contributed by atoms with Crippen LogP contribution < -0.4 is 19.3 Å². The quantitative estimate of drug-likeness (QED) is 0.404. The van der Waals surface area contributed by atoms with Crippen molar-refractivity contribution in [1.29, 1.82) is 0 Å². The monoisotopic (exact) mass is 493 g/mol. The van der Waals surface area contributed by atoms with Crippen molar-refractivity contribution in [2.75, 3.05) is 37.0 Å². The van der Waals surface area contributed by atoms with E-state index in [1.807, 2.05) is 32.0 Å². The van der Waals surface area contributed by atoms with Gasteiger partial charge in [0.05, 0.1) is 30.2 Å². The first kappa shape index (κ1) is 24.5. The van der Waals surface area contributed by atoms with Gasteiger partial charge >= 0.3 is 0 Å². The molecule has 3 aliphatic rings. The molecule has 2 unspecified atom stereocenters. The van der Waals surface area contributed by atoms with Crippen molar-refractivity contribution in [1.82, 2.24) is 9.97 Å². The number of benzene rings is 1. The molecule has 192 valence electrons. The van der Waals surface area contributed by atoms with Crippen LogP contribution in [-0.2, 0) is 9.53 Å². The third kappa shape index (κ3) is 5.61. The third-order valence-corrected chi connectivity index (χ3v) is 7.12. The van der Waals surface area contributed by atoms with Crippen LogP contribution in [0, 0.1) is 6.92 Å². The average molecular weight is 494 g/mol. The second-order valence-electron chi connectivity index (χ2n) is 10.1. The zero-order valence-electron chi connectivity index (χ0n) is 21.3. The number of aromatic nitrogens is 2. The first-order valence-electron chi connectivity index (χ1n) is 12.8. The van der Waals surface area contributed by atoms with Crippen molar-refractivity contribution >= 4 is 29.6 Å². The molecular weight excluding hydrogens is 458 g/mol. The van der Waals surface area contributed by atoms with E-state index in [1.54, 1.807) is 6.20 Å². The zero-order valence-corrected chi connectivity index (χ0v) is 21.3. The average Bonchev–Trinajstić information content (AvgIpc) is 3.20. The lowest BCUT2D eigenvalue weighted by molar-refractivity contribution is -0.102. The lowest BCUT2D eigenvalue weighted by Crippen LogP contribution is -2.42.